The maximum absolute atomic E-state index is 12.3. The van der Waals surface area contributed by atoms with Gasteiger partial charge in [-0.1, -0.05) is 24.3 Å². The van der Waals surface area contributed by atoms with Gasteiger partial charge in [0.1, 0.15) is 4.90 Å². The lowest BCUT2D eigenvalue weighted by molar-refractivity contribution is 0.581. The Kier molecular flexibility index (Phi) is 4.26. The van der Waals surface area contributed by atoms with E-state index in [1.807, 2.05) is 37.3 Å². The van der Waals surface area contributed by atoms with Gasteiger partial charge in [-0.15, -0.1) is 0 Å². The molecule has 3 N–H and O–H groups in total. The van der Waals surface area contributed by atoms with Gasteiger partial charge in [0, 0.05) is 6.54 Å². The number of nitrogens with two attached hydrogens (primary N) is 1. The van der Waals surface area contributed by atoms with E-state index in [0.717, 1.165) is 11.1 Å². The second-order valence-electron chi connectivity index (χ2n) is 4.62. The Labute approximate surface area is 124 Å². The molecule has 0 aliphatic rings. The smallest absolute Gasteiger partial charge is 0.242 e. The predicted molar refractivity (Wildman–Crippen MR) is 80.8 cm³/mol. The molecule has 0 radical (unpaired) electrons. The van der Waals surface area contributed by atoms with E-state index in [9.17, 15) is 8.42 Å². The van der Waals surface area contributed by atoms with Gasteiger partial charge < -0.3 is 5.73 Å². The summed E-state index contributed by atoms with van der Waals surface area (Å²) < 4.78 is 27.0. The van der Waals surface area contributed by atoms with Crippen molar-refractivity contribution >= 4 is 15.7 Å². The summed E-state index contributed by atoms with van der Waals surface area (Å²) >= 11 is 0. The lowest BCUT2D eigenvalue weighted by atomic mass is 10.1. The number of nitrogens with one attached hydrogen (secondary N) is 1. The van der Waals surface area contributed by atoms with Crippen molar-refractivity contribution in [3.63, 3.8) is 0 Å². The van der Waals surface area contributed by atoms with Gasteiger partial charge >= 0.3 is 0 Å². The number of sulfonamides is 1. The molecule has 0 aliphatic heterocycles. The maximum atomic E-state index is 12.3. The number of nitriles is 1. The molecule has 0 spiro atoms. The van der Waals surface area contributed by atoms with Gasteiger partial charge in [0.15, 0.2) is 0 Å². The zero-order valence-electron chi connectivity index (χ0n) is 11.5. The number of rotatable bonds is 4. The fourth-order valence-electron chi connectivity index (χ4n) is 1.92. The number of hydrogen-bond acceptors (Lipinski definition) is 4. The summed E-state index contributed by atoms with van der Waals surface area (Å²) in [6, 6.07) is 13.6. The molecular weight excluding hydrogens is 286 g/mol. The van der Waals surface area contributed by atoms with Gasteiger partial charge in [0.2, 0.25) is 10.0 Å². The summed E-state index contributed by atoms with van der Waals surface area (Å²) in [4.78, 5) is -0.0184. The molecule has 0 atom stereocenters. The second-order valence-corrected chi connectivity index (χ2v) is 6.35. The number of hydrogen-bond donors (Lipinski definition) is 2. The standard InChI is InChI=1S/C15H15N3O2S/c1-11-4-2-3-5-13(11)10-18-21(19,20)15-7-6-12(9-16)8-14(15)17/h2-8,18H,10,17H2,1H3. The third-order valence-corrected chi connectivity index (χ3v) is 4.62. The normalized spacial score (nSPS) is 11.0. The highest BCUT2D eigenvalue weighted by Gasteiger charge is 2.17. The summed E-state index contributed by atoms with van der Waals surface area (Å²) in [6.07, 6.45) is 0. The van der Waals surface area contributed by atoms with E-state index in [1.165, 1.54) is 18.2 Å². The zero-order chi connectivity index (χ0) is 15.5. The number of nitrogens with zero attached hydrogens (tertiary/aromatic N) is 1. The van der Waals surface area contributed by atoms with Gasteiger partial charge in [-0.2, -0.15) is 5.26 Å². The van der Waals surface area contributed by atoms with Crippen LogP contribution in [0.4, 0.5) is 5.69 Å². The fraction of sp³-hybridized carbons (Fsp3) is 0.133. The Morgan fingerprint density at radius 1 is 1.24 bits per heavy atom. The van der Waals surface area contributed by atoms with Crippen molar-refractivity contribution in [2.75, 3.05) is 5.73 Å². The average molecular weight is 301 g/mol. The van der Waals surface area contributed by atoms with Crippen molar-refractivity contribution in [2.45, 2.75) is 18.4 Å². The van der Waals surface area contributed by atoms with Gasteiger partial charge in [0.05, 0.1) is 17.3 Å². The highest BCUT2D eigenvalue weighted by Crippen LogP contribution is 2.20. The Hall–Kier alpha value is -2.36. The van der Waals surface area contributed by atoms with Crippen molar-refractivity contribution in [2.24, 2.45) is 0 Å². The lowest BCUT2D eigenvalue weighted by Crippen LogP contribution is -2.24. The highest BCUT2D eigenvalue weighted by molar-refractivity contribution is 7.89. The molecule has 21 heavy (non-hydrogen) atoms. The minimum atomic E-state index is -3.72. The van der Waals surface area contributed by atoms with Crippen LogP contribution in [0.25, 0.3) is 0 Å². The van der Waals surface area contributed by atoms with Crippen LogP contribution in [0.1, 0.15) is 16.7 Å². The summed E-state index contributed by atoms with van der Waals surface area (Å²) in [5, 5.41) is 8.77. The Morgan fingerprint density at radius 3 is 2.57 bits per heavy atom. The largest absolute Gasteiger partial charge is 0.398 e. The molecule has 0 aromatic heterocycles. The van der Waals surface area contributed by atoms with Crippen molar-refractivity contribution in [1.82, 2.24) is 4.72 Å². The molecule has 2 aromatic carbocycles. The Morgan fingerprint density at radius 2 is 1.95 bits per heavy atom. The fourth-order valence-corrected chi connectivity index (χ4v) is 3.04. The molecule has 0 saturated carbocycles. The molecule has 0 bridgehead atoms. The Balaban J connectivity index is 2.24. The molecule has 0 heterocycles. The molecule has 108 valence electrons. The van der Waals surface area contributed by atoms with Crippen LogP contribution in [0.5, 0.6) is 0 Å². The molecule has 0 aliphatic carbocycles. The first-order valence-corrected chi connectivity index (χ1v) is 7.76. The zero-order valence-corrected chi connectivity index (χ0v) is 12.3. The summed E-state index contributed by atoms with van der Waals surface area (Å²) in [7, 11) is -3.72. The van der Waals surface area contributed by atoms with E-state index in [0.29, 0.717) is 5.56 Å². The average Bonchev–Trinajstić information content (AvgIpc) is 2.46. The van der Waals surface area contributed by atoms with E-state index >= 15 is 0 Å². The number of benzene rings is 2. The molecule has 5 nitrogen and oxygen atoms in total. The topological polar surface area (TPSA) is 96.0 Å². The van der Waals surface area contributed by atoms with E-state index < -0.39 is 10.0 Å². The third kappa shape index (κ3) is 3.40. The van der Waals surface area contributed by atoms with Crippen LogP contribution in [0.3, 0.4) is 0 Å². The summed E-state index contributed by atoms with van der Waals surface area (Å²) in [5.74, 6) is 0. The van der Waals surface area contributed by atoms with Crippen LogP contribution in [0, 0.1) is 18.3 Å². The minimum Gasteiger partial charge on any atom is -0.398 e. The Bertz CT molecular complexity index is 808. The van der Waals surface area contributed by atoms with E-state index in [2.05, 4.69) is 4.72 Å². The molecule has 6 heteroatoms. The number of anilines is 1. The molecule has 0 amide bonds. The van der Waals surface area contributed by atoms with E-state index in [1.54, 1.807) is 0 Å². The first-order valence-electron chi connectivity index (χ1n) is 6.28. The first-order chi connectivity index (χ1) is 9.94. The van der Waals surface area contributed by atoms with Crippen LogP contribution in [0.2, 0.25) is 0 Å². The number of aryl methyl sites for hydroxylation is 1. The van der Waals surface area contributed by atoms with Gasteiger partial charge in [-0.05, 0) is 36.2 Å². The van der Waals surface area contributed by atoms with Crippen molar-refractivity contribution in [3.8, 4) is 6.07 Å². The van der Waals surface area contributed by atoms with Crippen molar-refractivity contribution in [1.29, 1.82) is 5.26 Å². The van der Waals surface area contributed by atoms with Crippen LogP contribution in [-0.4, -0.2) is 8.42 Å². The van der Waals surface area contributed by atoms with Crippen molar-refractivity contribution < 1.29 is 8.42 Å². The molecule has 0 saturated heterocycles. The highest BCUT2D eigenvalue weighted by atomic mass is 32.2. The maximum Gasteiger partial charge on any atom is 0.242 e. The van der Waals surface area contributed by atoms with Crippen LogP contribution in [0.15, 0.2) is 47.4 Å². The van der Waals surface area contributed by atoms with Gasteiger partial charge in [0.25, 0.3) is 0 Å². The van der Waals surface area contributed by atoms with E-state index in [4.69, 9.17) is 11.0 Å². The summed E-state index contributed by atoms with van der Waals surface area (Å²) in [5.41, 5.74) is 8.00. The molecule has 0 unspecified atom stereocenters. The summed E-state index contributed by atoms with van der Waals surface area (Å²) in [6.45, 7) is 2.11. The van der Waals surface area contributed by atoms with Crippen LogP contribution < -0.4 is 10.5 Å². The molecule has 0 fully saturated rings. The van der Waals surface area contributed by atoms with Crippen molar-refractivity contribution in [3.05, 3.63) is 59.2 Å². The third-order valence-electron chi connectivity index (χ3n) is 3.14. The van der Waals surface area contributed by atoms with E-state index in [-0.39, 0.29) is 17.1 Å². The monoisotopic (exact) mass is 301 g/mol. The lowest BCUT2D eigenvalue weighted by Gasteiger charge is -2.10. The van der Waals surface area contributed by atoms with Crippen LogP contribution in [-0.2, 0) is 16.6 Å². The van der Waals surface area contributed by atoms with Gasteiger partial charge in [-0.25, -0.2) is 13.1 Å². The SMILES string of the molecule is Cc1ccccc1CNS(=O)(=O)c1ccc(C#N)cc1N. The molecule has 2 aromatic rings. The first kappa shape index (κ1) is 15.0. The molecular formula is C15H15N3O2S. The minimum absolute atomic E-state index is 0.0184. The number of nitrogen functional groups attached to an aromatic ring is 1. The van der Waals surface area contributed by atoms with Gasteiger partial charge in [-0.3, -0.25) is 0 Å². The molecule has 2 rings (SSSR count). The quantitative estimate of drug-likeness (QED) is 0.843. The second kappa shape index (κ2) is 5.95. The predicted octanol–water partition coefficient (Wildman–Crippen LogP) is 1.93. The van der Waals surface area contributed by atoms with Crippen LogP contribution >= 0.6 is 0 Å².